The largest absolute Gasteiger partial charge is 0.477 e. The molecular formula is C8H6NO4. The molecule has 67 valence electrons. The lowest BCUT2D eigenvalue weighted by molar-refractivity contribution is -0.385. The van der Waals surface area contributed by atoms with Gasteiger partial charge in [-0.25, -0.2) is 4.79 Å². The van der Waals surface area contributed by atoms with Crippen LogP contribution in [0.3, 0.4) is 0 Å². The van der Waals surface area contributed by atoms with E-state index in [9.17, 15) is 14.9 Å². The first kappa shape index (κ1) is 9.18. The van der Waals surface area contributed by atoms with E-state index in [1.54, 1.807) is 0 Å². The zero-order chi connectivity index (χ0) is 10.0. The van der Waals surface area contributed by atoms with Gasteiger partial charge in [0.2, 0.25) is 0 Å². The number of hydrogen-bond donors (Lipinski definition) is 1. The van der Waals surface area contributed by atoms with Crippen molar-refractivity contribution in [2.45, 2.75) is 0 Å². The Morgan fingerprint density at radius 1 is 1.54 bits per heavy atom. The Bertz CT molecular complexity index is 372. The summed E-state index contributed by atoms with van der Waals surface area (Å²) in [7, 11) is 0. The molecule has 1 aromatic rings. The van der Waals surface area contributed by atoms with E-state index in [1.807, 2.05) is 0 Å². The highest BCUT2D eigenvalue weighted by Gasteiger charge is 2.20. The van der Waals surface area contributed by atoms with E-state index in [4.69, 9.17) is 5.11 Å². The zero-order valence-corrected chi connectivity index (χ0v) is 6.56. The molecule has 1 radical (unpaired) electrons. The monoisotopic (exact) mass is 180 g/mol. The van der Waals surface area contributed by atoms with Gasteiger partial charge in [0.05, 0.1) is 4.92 Å². The molecule has 1 N–H and O–H groups in total. The Morgan fingerprint density at radius 3 is 2.54 bits per heavy atom. The summed E-state index contributed by atoms with van der Waals surface area (Å²) < 4.78 is 0. The first-order valence-corrected chi connectivity index (χ1v) is 3.36. The maximum Gasteiger partial charge on any atom is 0.343 e. The van der Waals surface area contributed by atoms with Gasteiger partial charge in [-0.1, -0.05) is 12.1 Å². The molecule has 0 heterocycles. The molecule has 13 heavy (non-hydrogen) atoms. The third-order valence-corrected chi connectivity index (χ3v) is 1.54. The molecule has 0 aromatic heterocycles. The Hall–Kier alpha value is -1.91. The third kappa shape index (κ3) is 1.64. The van der Waals surface area contributed by atoms with E-state index in [1.165, 1.54) is 12.1 Å². The standard InChI is InChI=1S/C8H6NO4/c1-5-3-2-4-6(9(12)13)7(5)8(10)11/h2-4H,1H2,(H,10,11). The van der Waals surface area contributed by atoms with Gasteiger partial charge < -0.3 is 5.11 Å². The lowest BCUT2D eigenvalue weighted by Crippen LogP contribution is -2.04. The summed E-state index contributed by atoms with van der Waals surface area (Å²) in [4.78, 5) is 20.3. The Kier molecular flexibility index (Phi) is 2.27. The lowest BCUT2D eigenvalue weighted by Gasteiger charge is -2.00. The molecule has 0 saturated heterocycles. The lowest BCUT2D eigenvalue weighted by atomic mass is 10.1. The number of hydrogen-bond acceptors (Lipinski definition) is 3. The van der Waals surface area contributed by atoms with Gasteiger partial charge in [-0.15, -0.1) is 0 Å². The van der Waals surface area contributed by atoms with Crippen molar-refractivity contribution < 1.29 is 14.8 Å². The first-order chi connectivity index (χ1) is 6.04. The third-order valence-electron chi connectivity index (χ3n) is 1.54. The molecule has 0 amide bonds. The van der Waals surface area contributed by atoms with Crippen molar-refractivity contribution in [3.05, 3.63) is 46.4 Å². The van der Waals surface area contributed by atoms with Crippen LogP contribution >= 0.6 is 0 Å². The normalized spacial score (nSPS) is 9.62. The fourth-order valence-corrected chi connectivity index (χ4v) is 0.986. The smallest absolute Gasteiger partial charge is 0.343 e. The second-order valence-corrected chi connectivity index (χ2v) is 2.37. The van der Waals surface area contributed by atoms with Gasteiger partial charge in [0, 0.05) is 6.07 Å². The molecule has 0 atom stereocenters. The van der Waals surface area contributed by atoms with Gasteiger partial charge in [0.1, 0.15) is 5.56 Å². The predicted octanol–water partition coefficient (Wildman–Crippen LogP) is 1.48. The number of carboxylic acids is 1. The number of nitro groups is 1. The van der Waals surface area contributed by atoms with Crippen molar-refractivity contribution in [3.8, 4) is 0 Å². The van der Waals surface area contributed by atoms with Gasteiger partial charge in [0.25, 0.3) is 5.69 Å². The fourth-order valence-electron chi connectivity index (χ4n) is 0.986. The SMILES string of the molecule is [CH2]c1cccc([N+](=O)[O-])c1C(=O)O. The van der Waals surface area contributed by atoms with Crippen LogP contribution in [0.5, 0.6) is 0 Å². The van der Waals surface area contributed by atoms with Crippen LogP contribution < -0.4 is 0 Å². The first-order valence-electron chi connectivity index (χ1n) is 3.36. The van der Waals surface area contributed by atoms with Crippen LogP contribution in [0.1, 0.15) is 15.9 Å². The van der Waals surface area contributed by atoms with Crippen molar-refractivity contribution in [3.63, 3.8) is 0 Å². The van der Waals surface area contributed by atoms with Gasteiger partial charge >= 0.3 is 5.97 Å². The van der Waals surface area contributed by atoms with Crippen LogP contribution in [0.25, 0.3) is 0 Å². The minimum absolute atomic E-state index is 0.140. The molecule has 0 bridgehead atoms. The van der Waals surface area contributed by atoms with Gasteiger partial charge in [-0.05, 0) is 12.5 Å². The van der Waals surface area contributed by atoms with E-state index < -0.39 is 16.6 Å². The summed E-state index contributed by atoms with van der Waals surface area (Å²) in [6.45, 7) is 3.40. The molecule has 5 heteroatoms. The van der Waals surface area contributed by atoms with E-state index in [0.29, 0.717) is 0 Å². The predicted molar refractivity (Wildman–Crippen MR) is 44.5 cm³/mol. The van der Waals surface area contributed by atoms with Crippen molar-refractivity contribution in [2.24, 2.45) is 0 Å². The molecule has 0 aliphatic carbocycles. The second kappa shape index (κ2) is 3.22. The van der Waals surface area contributed by atoms with Crippen molar-refractivity contribution in [1.82, 2.24) is 0 Å². The summed E-state index contributed by atoms with van der Waals surface area (Å²) in [6.07, 6.45) is 0. The second-order valence-electron chi connectivity index (χ2n) is 2.37. The number of nitro benzene ring substituents is 1. The van der Waals surface area contributed by atoms with Crippen molar-refractivity contribution in [2.75, 3.05) is 0 Å². The number of carbonyl (C=O) groups is 1. The summed E-state index contributed by atoms with van der Waals surface area (Å²) >= 11 is 0. The molecule has 0 aliphatic rings. The maximum absolute atomic E-state index is 10.6. The van der Waals surface area contributed by atoms with Crippen LogP contribution in [0.4, 0.5) is 5.69 Å². The molecular weight excluding hydrogens is 174 g/mol. The van der Waals surface area contributed by atoms with E-state index in [2.05, 4.69) is 6.92 Å². The van der Waals surface area contributed by atoms with Gasteiger partial charge in [0.15, 0.2) is 0 Å². The fraction of sp³-hybridized carbons (Fsp3) is 0. The molecule has 0 spiro atoms. The highest BCUT2D eigenvalue weighted by atomic mass is 16.6. The average molecular weight is 180 g/mol. The number of nitrogens with zero attached hydrogens (tertiary/aromatic N) is 1. The Morgan fingerprint density at radius 2 is 2.15 bits per heavy atom. The molecule has 0 saturated carbocycles. The minimum Gasteiger partial charge on any atom is -0.477 e. The number of benzene rings is 1. The quantitative estimate of drug-likeness (QED) is 0.552. The number of aromatic carboxylic acids is 1. The van der Waals surface area contributed by atoms with E-state index in [0.717, 1.165) is 6.07 Å². The van der Waals surface area contributed by atoms with Crippen LogP contribution in [0.2, 0.25) is 0 Å². The number of carboxylic acid groups (broad SMARTS) is 1. The molecule has 1 aromatic carbocycles. The average Bonchev–Trinajstić information content (AvgIpc) is 2.02. The van der Waals surface area contributed by atoms with Crippen LogP contribution in [0.15, 0.2) is 18.2 Å². The van der Waals surface area contributed by atoms with Crippen molar-refractivity contribution in [1.29, 1.82) is 0 Å². The van der Waals surface area contributed by atoms with E-state index >= 15 is 0 Å². The van der Waals surface area contributed by atoms with Gasteiger partial charge in [-0.3, -0.25) is 10.1 Å². The Labute approximate surface area is 73.8 Å². The van der Waals surface area contributed by atoms with Crippen LogP contribution in [-0.4, -0.2) is 16.0 Å². The van der Waals surface area contributed by atoms with Crippen LogP contribution in [-0.2, 0) is 0 Å². The molecule has 5 nitrogen and oxygen atoms in total. The number of rotatable bonds is 2. The van der Waals surface area contributed by atoms with E-state index in [-0.39, 0.29) is 11.1 Å². The highest BCUT2D eigenvalue weighted by Crippen LogP contribution is 2.21. The molecule has 0 fully saturated rings. The Balaban J connectivity index is 3.43. The molecule has 1 rings (SSSR count). The van der Waals surface area contributed by atoms with Crippen molar-refractivity contribution >= 4 is 11.7 Å². The molecule has 0 unspecified atom stereocenters. The zero-order valence-electron chi connectivity index (χ0n) is 6.56. The maximum atomic E-state index is 10.6. The topological polar surface area (TPSA) is 80.4 Å². The molecule has 0 aliphatic heterocycles. The van der Waals surface area contributed by atoms with Gasteiger partial charge in [-0.2, -0.15) is 0 Å². The summed E-state index contributed by atoms with van der Waals surface area (Å²) in [6, 6.07) is 3.95. The van der Waals surface area contributed by atoms with Crippen LogP contribution in [0, 0.1) is 17.0 Å². The summed E-state index contributed by atoms with van der Waals surface area (Å²) in [5, 5.41) is 19.0. The highest BCUT2D eigenvalue weighted by molar-refractivity contribution is 5.94. The summed E-state index contributed by atoms with van der Waals surface area (Å²) in [5.74, 6) is -1.34. The minimum atomic E-state index is -1.34. The summed E-state index contributed by atoms with van der Waals surface area (Å²) in [5.41, 5.74) is -0.644.